The van der Waals surface area contributed by atoms with Gasteiger partial charge in [-0.15, -0.1) is 0 Å². The summed E-state index contributed by atoms with van der Waals surface area (Å²) in [6, 6.07) is 11.4. The van der Waals surface area contributed by atoms with E-state index in [1.807, 2.05) is 30.3 Å². The van der Waals surface area contributed by atoms with Gasteiger partial charge in [0.25, 0.3) is 5.91 Å². The highest BCUT2D eigenvalue weighted by Crippen LogP contribution is 2.27. The molecule has 0 unspecified atom stereocenters. The van der Waals surface area contributed by atoms with Crippen LogP contribution in [-0.4, -0.2) is 23.2 Å². The number of nitrogens with one attached hydrogen (secondary N) is 1. The Labute approximate surface area is 120 Å². The van der Waals surface area contributed by atoms with Crippen LogP contribution in [-0.2, 0) is 0 Å². The average molecular weight is 322 g/mol. The van der Waals surface area contributed by atoms with Crippen molar-refractivity contribution in [2.45, 2.75) is 19.4 Å². The Bertz CT molecular complexity index is 617. The highest BCUT2D eigenvalue weighted by atomic mass is 79.9. The zero-order chi connectivity index (χ0) is 14.0. The molecule has 0 spiro atoms. The molecule has 2 N–H and O–H groups in total. The standard InChI is InChI=1S/C15H16BrNO2/c1-15(2,9-18)17-14(19)11-7-3-5-10-6-4-8-12(16)13(10)11/h3-8,18H,9H2,1-2H3,(H,17,19). The number of halogens is 1. The van der Waals surface area contributed by atoms with E-state index in [2.05, 4.69) is 21.2 Å². The largest absolute Gasteiger partial charge is 0.394 e. The van der Waals surface area contributed by atoms with E-state index in [-0.39, 0.29) is 12.5 Å². The molecule has 0 atom stereocenters. The molecule has 0 heterocycles. The Morgan fingerprint density at radius 3 is 2.53 bits per heavy atom. The van der Waals surface area contributed by atoms with Gasteiger partial charge >= 0.3 is 0 Å². The maximum Gasteiger partial charge on any atom is 0.252 e. The molecule has 0 saturated heterocycles. The van der Waals surface area contributed by atoms with E-state index in [1.165, 1.54) is 0 Å². The SMILES string of the molecule is CC(C)(CO)NC(=O)c1cccc2cccc(Br)c12. The lowest BCUT2D eigenvalue weighted by atomic mass is 10.0. The van der Waals surface area contributed by atoms with E-state index < -0.39 is 5.54 Å². The Morgan fingerprint density at radius 2 is 1.89 bits per heavy atom. The smallest absolute Gasteiger partial charge is 0.252 e. The summed E-state index contributed by atoms with van der Waals surface area (Å²) in [6.07, 6.45) is 0. The zero-order valence-corrected chi connectivity index (χ0v) is 12.5. The molecular weight excluding hydrogens is 306 g/mol. The summed E-state index contributed by atoms with van der Waals surface area (Å²) in [5, 5.41) is 14.0. The molecule has 2 aromatic rings. The first-order valence-corrected chi connectivity index (χ1v) is 6.84. The number of rotatable bonds is 3. The average Bonchev–Trinajstić information content (AvgIpc) is 2.38. The van der Waals surface area contributed by atoms with E-state index in [9.17, 15) is 9.90 Å². The minimum atomic E-state index is -0.638. The fourth-order valence-electron chi connectivity index (χ4n) is 1.90. The number of carbonyl (C=O) groups is 1. The summed E-state index contributed by atoms with van der Waals surface area (Å²) in [4.78, 5) is 12.3. The molecule has 4 heteroatoms. The predicted molar refractivity (Wildman–Crippen MR) is 80.3 cm³/mol. The van der Waals surface area contributed by atoms with Crippen molar-refractivity contribution in [2.24, 2.45) is 0 Å². The van der Waals surface area contributed by atoms with Crippen LogP contribution in [0, 0.1) is 0 Å². The monoisotopic (exact) mass is 321 g/mol. The van der Waals surface area contributed by atoms with Crippen LogP contribution >= 0.6 is 15.9 Å². The first-order chi connectivity index (χ1) is 8.94. The quantitative estimate of drug-likeness (QED) is 0.912. The van der Waals surface area contributed by atoms with Gasteiger partial charge in [-0.05, 0) is 31.4 Å². The van der Waals surface area contributed by atoms with Gasteiger partial charge in [0.05, 0.1) is 12.1 Å². The van der Waals surface area contributed by atoms with Gasteiger partial charge in [-0.25, -0.2) is 0 Å². The summed E-state index contributed by atoms with van der Waals surface area (Å²) >= 11 is 3.48. The van der Waals surface area contributed by atoms with E-state index in [0.717, 1.165) is 15.2 Å². The van der Waals surface area contributed by atoms with E-state index in [4.69, 9.17) is 0 Å². The van der Waals surface area contributed by atoms with Crippen LogP contribution in [0.4, 0.5) is 0 Å². The van der Waals surface area contributed by atoms with Crippen molar-refractivity contribution in [3.05, 3.63) is 46.4 Å². The van der Waals surface area contributed by atoms with Crippen molar-refractivity contribution >= 4 is 32.6 Å². The van der Waals surface area contributed by atoms with Crippen LogP contribution in [0.5, 0.6) is 0 Å². The molecular formula is C15H16BrNO2. The molecule has 0 bridgehead atoms. The fraction of sp³-hybridized carbons (Fsp3) is 0.267. The summed E-state index contributed by atoms with van der Waals surface area (Å²) in [5.41, 5.74) is -0.0351. The van der Waals surface area contributed by atoms with Crippen molar-refractivity contribution in [1.82, 2.24) is 5.32 Å². The highest BCUT2D eigenvalue weighted by Gasteiger charge is 2.21. The molecule has 0 aliphatic carbocycles. The molecule has 0 radical (unpaired) electrons. The second-order valence-corrected chi connectivity index (χ2v) is 5.99. The molecule has 0 aliphatic rings. The summed E-state index contributed by atoms with van der Waals surface area (Å²) in [6.45, 7) is 3.46. The van der Waals surface area contributed by atoms with Gasteiger partial charge in [-0.1, -0.05) is 40.2 Å². The number of amides is 1. The number of hydrogen-bond acceptors (Lipinski definition) is 2. The molecule has 100 valence electrons. The van der Waals surface area contributed by atoms with E-state index >= 15 is 0 Å². The molecule has 3 nitrogen and oxygen atoms in total. The maximum atomic E-state index is 12.3. The Balaban J connectivity index is 2.48. The van der Waals surface area contributed by atoms with Crippen LogP contribution in [0.1, 0.15) is 24.2 Å². The fourth-order valence-corrected chi connectivity index (χ4v) is 2.49. The predicted octanol–water partition coefficient (Wildman–Crippen LogP) is 3.10. The lowest BCUT2D eigenvalue weighted by Gasteiger charge is -2.24. The second kappa shape index (κ2) is 5.31. The lowest BCUT2D eigenvalue weighted by Crippen LogP contribution is -2.46. The minimum absolute atomic E-state index is 0.106. The van der Waals surface area contributed by atoms with Crippen LogP contribution in [0.3, 0.4) is 0 Å². The zero-order valence-electron chi connectivity index (χ0n) is 10.9. The Kier molecular flexibility index (Phi) is 3.92. The summed E-state index contributed by atoms with van der Waals surface area (Å²) in [5.74, 6) is -0.184. The number of aliphatic hydroxyl groups excluding tert-OH is 1. The van der Waals surface area contributed by atoms with Crippen molar-refractivity contribution in [1.29, 1.82) is 0 Å². The number of benzene rings is 2. The van der Waals surface area contributed by atoms with Crippen molar-refractivity contribution in [3.63, 3.8) is 0 Å². The second-order valence-electron chi connectivity index (χ2n) is 5.14. The molecule has 2 aromatic carbocycles. The Morgan fingerprint density at radius 1 is 1.26 bits per heavy atom. The normalized spacial score (nSPS) is 11.6. The number of carbonyl (C=O) groups excluding carboxylic acids is 1. The van der Waals surface area contributed by atoms with Crippen molar-refractivity contribution < 1.29 is 9.90 Å². The third kappa shape index (κ3) is 2.96. The first kappa shape index (κ1) is 14.0. The van der Waals surface area contributed by atoms with Gasteiger partial charge in [0.2, 0.25) is 0 Å². The van der Waals surface area contributed by atoms with Crippen LogP contribution in [0.25, 0.3) is 10.8 Å². The highest BCUT2D eigenvalue weighted by molar-refractivity contribution is 9.10. The summed E-state index contributed by atoms with van der Waals surface area (Å²) in [7, 11) is 0. The number of fused-ring (bicyclic) bond motifs is 1. The van der Waals surface area contributed by atoms with Crippen molar-refractivity contribution in [3.8, 4) is 0 Å². The van der Waals surface area contributed by atoms with Gasteiger partial charge < -0.3 is 10.4 Å². The molecule has 0 aromatic heterocycles. The topological polar surface area (TPSA) is 49.3 Å². The number of hydrogen-bond donors (Lipinski definition) is 2. The molecule has 1 amide bonds. The molecule has 2 rings (SSSR count). The molecule has 0 saturated carbocycles. The maximum absolute atomic E-state index is 12.3. The molecule has 19 heavy (non-hydrogen) atoms. The van der Waals surface area contributed by atoms with E-state index in [1.54, 1.807) is 19.9 Å². The van der Waals surface area contributed by atoms with E-state index in [0.29, 0.717) is 5.56 Å². The number of aliphatic hydroxyl groups is 1. The third-order valence-electron chi connectivity index (χ3n) is 2.95. The van der Waals surface area contributed by atoms with Gasteiger partial charge in [0.15, 0.2) is 0 Å². The van der Waals surface area contributed by atoms with Gasteiger partial charge in [-0.3, -0.25) is 4.79 Å². The van der Waals surface area contributed by atoms with Gasteiger partial charge in [0.1, 0.15) is 0 Å². The third-order valence-corrected chi connectivity index (χ3v) is 3.61. The van der Waals surface area contributed by atoms with Gasteiger partial charge in [0, 0.05) is 15.4 Å². The summed E-state index contributed by atoms with van der Waals surface area (Å²) < 4.78 is 0.887. The Hall–Kier alpha value is -1.39. The van der Waals surface area contributed by atoms with Crippen LogP contribution in [0.15, 0.2) is 40.9 Å². The lowest BCUT2D eigenvalue weighted by molar-refractivity contribution is 0.0871. The first-order valence-electron chi connectivity index (χ1n) is 6.05. The van der Waals surface area contributed by atoms with Gasteiger partial charge in [-0.2, -0.15) is 0 Å². The minimum Gasteiger partial charge on any atom is -0.394 e. The molecule has 0 fully saturated rings. The van der Waals surface area contributed by atoms with Crippen molar-refractivity contribution in [2.75, 3.05) is 6.61 Å². The molecule has 0 aliphatic heterocycles. The van der Waals surface area contributed by atoms with Crippen LogP contribution < -0.4 is 5.32 Å². The van der Waals surface area contributed by atoms with Crippen LogP contribution in [0.2, 0.25) is 0 Å².